The number of hydrogen-bond acceptors (Lipinski definition) is 3. The van der Waals surface area contributed by atoms with Crippen LogP contribution in [0.5, 0.6) is 0 Å². The Balaban J connectivity index is 0.000000261. The van der Waals surface area contributed by atoms with Crippen LogP contribution in [0.15, 0.2) is 91.0 Å². The number of carboxylic acids is 1. The monoisotopic (exact) mass is 395 g/mol. The van der Waals surface area contributed by atoms with Gasteiger partial charge in [0, 0.05) is 16.4 Å². The van der Waals surface area contributed by atoms with Crippen LogP contribution in [-0.4, -0.2) is 15.9 Å². The lowest BCUT2D eigenvalue weighted by atomic mass is 10.0. The van der Waals surface area contributed by atoms with Crippen LogP contribution >= 0.6 is 0 Å². The van der Waals surface area contributed by atoms with Crippen molar-refractivity contribution in [3.63, 3.8) is 0 Å². The Labute approximate surface area is 168 Å². The second-order valence-electron chi connectivity index (χ2n) is 6.41. The van der Waals surface area contributed by atoms with Gasteiger partial charge in [-0.05, 0) is 18.1 Å². The molecular formula is C23H25NO3S. The Morgan fingerprint density at radius 3 is 1.46 bits per heavy atom. The summed E-state index contributed by atoms with van der Waals surface area (Å²) in [4.78, 5) is 10.7. The molecule has 0 bridgehead atoms. The summed E-state index contributed by atoms with van der Waals surface area (Å²) in [5, 5.41) is 10.2. The third-order valence-corrected chi connectivity index (χ3v) is 5.69. The van der Waals surface area contributed by atoms with E-state index in [4.69, 9.17) is 0 Å². The number of aliphatic carboxylic acids is 1. The molecule has 146 valence electrons. The van der Waals surface area contributed by atoms with Crippen molar-refractivity contribution in [2.45, 2.75) is 18.2 Å². The predicted molar refractivity (Wildman–Crippen MR) is 110 cm³/mol. The lowest BCUT2D eigenvalue weighted by Crippen LogP contribution is -2.51. The van der Waals surface area contributed by atoms with Crippen molar-refractivity contribution in [3.05, 3.63) is 108 Å². The second-order valence-corrected chi connectivity index (χ2v) is 7.93. The van der Waals surface area contributed by atoms with Gasteiger partial charge in [0.1, 0.15) is 6.04 Å². The number of carboxylic acid groups (broad SMARTS) is 1. The van der Waals surface area contributed by atoms with Gasteiger partial charge in [0.05, 0.1) is 17.0 Å². The first-order chi connectivity index (χ1) is 13.5. The fraction of sp³-hybridized carbons (Fsp3) is 0.174. The first-order valence-electron chi connectivity index (χ1n) is 9.04. The van der Waals surface area contributed by atoms with Crippen LogP contribution in [0.2, 0.25) is 0 Å². The number of hydrogen-bond donors (Lipinski definition) is 1. The summed E-state index contributed by atoms with van der Waals surface area (Å²) in [7, 11) is -1.55. The van der Waals surface area contributed by atoms with E-state index in [1.54, 1.807) is 0 Å². The largest absolute Gasteiger partial charge is 0.549 e. The van der Waals surface area contributed by atoms with E-state index < -0.39 is 27.8 Å². The number of carbonyl (C=O) groups excluding carboxylic acids is 1. The third-order valence-electron chi connectivity index (χ3n) is 4.10. The van der Waals surface area contributed by atoms with E-state index in [1.807, 2.05) is 78.9 Å². The van der Waals surface area contributed by atoms with Crippen LogP contribution in [0.4, 0.5) is 0 Å². The van der Waals surface area contributed by atoms with Gasteiger partial charge in [-0.15, -0.1) is 0 Å². The van der Waals surface area contributed by atoms with E-state index in [0.717, 1.165) is 11.1 Å². The zero-order chi connectivity index (χ0) is 20.4. The molecule has 0 radical (unpaired) electrons. The molecule has 5 heteroatoms. The minimum absolute atomic E-state index is 0.409. The van der Waals surface area contributed by atoms with E-state index in [2.05, 4.69) is 24.8 Å². The maximum Gasteiger partial charge on any atom is 0.107 e. The SMILES string of the molecule is C[C@H]([NH3+])c1ccccc1.O=C([O-])C[S@@](=O)C(c1ccccc1)c1ccccc1. The molecule has 0 spiro atoms. The third kappa shape index (κ3) is 6.76. The van der Waals surface area contributed by atoms with E-state index >= 15 is 0 Å². The second kappa shape index (κ2) is 11.2. The molecule has 0 aliphatic carbocycles. The van der Waals surface area contributed by atoms with Gasteiger partial charge in [0.25, 0.3) is 0 Å². The van der Waals surface area contributed by atoms with Crippen molar-refractivity contribution in [1.29, 1.82) is 0 Å². The zero-order valence-corrected chi connectivity index (χ0v) is 16.7. The van der Waals surface area contributed by atoms with Crippen molar-refractivity contribution in [2.75, 3.05) is 5.75 Å². The Morgan fingerprint density at radius 2 is 1.18 bits per heavy atom. The van der Waals surface area contributed by atoms with Gasteiger partial charge in [0.15, 0.2) is 0 Å². The Morgan fingerprint density at radius 1 is 0.821 bits per heavy atom. The molecule has 0 amide bonds. The highest BCUT2D eigenvalue weighted by molar-refractivity contribution is 7.86. The van der Waals surface area contributed by atoms with Crippen LogP contribution in [0.25, 0.3) is 0 Å². The number of rotatable bonds is 6. The highest BCUT2D eigenvalue weighted by Crippen LogP contribution is 2.28. The molecule has 0 saturated carbocycles. The quantitative estimate of drug-likeness (QED) is 0.695. The van der Waals surface area contributed by atoms with Crippen LogP contribution in [0.3, 0.4) is 0 Å². The lowest BCUT2D eigenvalue weighted by Gasteiger charge is -2.18. The fourth-order valence-corrected chi connectivity index (χ4v) is 4.05. The van der Waals surface area contributed by atoms with Gasteiger partial charge in [-0.1, -0.05) is 91.0 Å². The molecule has 0 saturated heterocycles. The van der Waals surface area contributed by atoms with Gasteiger partial charge >= 0.3 is 0 Å². The zero-order valence-electron chi connectivity index (χ0n) is 15.9. The van der Waals surface area contributed by atoms with Gasteiger partial charge < -0.3 is 15.6 Å². The van der Waals surface area contributed by atoms with Crippen molar-refractivity contribution < 1.29 is 19.8 Å². The van der Waals surface area contributed by atoms with Gasteiger partial charge in [0.2, 0.25) is 0 Å². The Hall–Kier alpha value is -2.76. The molecule has 0 unspecified atom stereocenters. The molecule has 0 aromatic heterocycles. The summed E-state index contributed by atoms with van der Waals surface area (Å²) in [5.41, 5.74) is 6.89. The number of quaternary nitrogens is 1. The van der Waals surface area contributed by atoms with Crippen molar-refractivity contribution in [1.82, 2.24) is 0 Å². The van der Waals surface area contributed by atoms with Crippen molar-refractivity contribution >= 4 is 16.8 Å². The van der Waals surface area contributed by atoms with E-state index in [9.17, 15) is 14.1 Å². The van der Waals surface area contributed by atoms with E-state index in [-0.39, 0.29) is 0 Å². The van der Waals surface area contributed by atoms with E-state index in [1.165, 1.54) is 5.56 Å². The number of benzene rings is 3. The van der Waals surface area contributed by atoms with Crippen LogP contribution in [0, 0.1) is 0 Å². The molecule has 4 nitrogen and oxygen atoms in total. The highest BCUT2D eigenvalue weighted by atomic mass is 32.2. The summed E-state index contributed by atoms with van der Waals surface area (Å²) in [6.45, 7) is 2.09. The van der Waals surface area contributed by atoms with Crippen LogP contribution in [-0.2, 0) is 15.6 Å². The maximum atomic E-state index is 12.2. The highest BCUT2D eigenvalue weighted by Gasteiger charge is 2.20. The molecule has 0 heterocycles. The first kappa shape index (κ1) is 21.5. The predicted octanol–water partition coefficient (Wildman–Crippen LogP) is 2.26. The topological polar surface area (TPSA) is 84.8 Å². The van der Waals surface area contributed by atoms with Crippen LogP contribution < -0.4 is 10.8 Å². The first-order valence-corrected chi connectivity index (χ1v) is 10.4. The molecular weight excluding hydrogens is 370 g/mol. The van der Waals surface area contributed by atoms with Gasteiger partial charge in [-0.3, -0.25) is 4.21 Å². The Bertz CT molecular complexity index is 829. The molecule has 0 aliphatic heterocycles. The van der Waals surface area contributed by atoms with Gasteiger partial charge in [-0.25, -0.2) is 0 Å². The minimum Gasteiger partial charge on any atom is -0.549 e. The van der Waals surface area contributed by atoms with Gasteiger partial charge in [-0.2, -0.15) is 0 Å². The molecule has 3 N–H and O–H groups in total. The molecule has 3 aromatic rings. The molecule has 3 aromatic carbocycles. The molecule has 28 heavy (non-hydrogen) atoms. The Kier molecular flexibility index (Phi) is 8.59. The van der Waals surface area contributed by atoms with Crippen molar-refractivity contribution in [3.8, 4) is 0 Å². The van der Waals surface area contributed by atoms with E-state index in [0.29, 0.717) is 6.04 Å². The summed E-state index contributed by atoms with van der Waals surface area (Å²) in [6.07, 6.45) is 0. The average Bonchev–Trinajstić information content (AvgIpc) is 2.70. The standard InChI is InChI=1S/C15H14O3S.C8H11N/c16-14(17)11-19(18)15(12-7-3-1-4-8-12)13-9-5-2-6-10-13;1-7(9)8-5-3-2-4-6-8/h1-10,15H,11H2,(H,16,17);2-7H,9H2,1H3/t19-;7-/m10/s1. The summed E-state index contributed by atoms with van der Waals surface area (Å²) in [6, 6.07) is 29.2. The summed E-state index contributed by atoms with van der Waals surface area (Å²) < 4.78 is 12.2. The van der Waals surface area contributed by atoms with Crippen LogP contribution in [0.1, 0.15) is 34.9 Å². The average molecular weight is 396 g/mol. The lowest BCUT2D eigenvalue weighted by molar-refractivity contribution is -0.420. The minimum atomic E-state index is -1.55. The number of carbonyl (C=O) groups is 1. The maximum absolute atomic E-state index is 12.2. The normalized spacial score (nSPS) is 12.5. The van der Waals surface area contributed by atoms with Crippen molar-refractivity contribution in [2.24, 2.45) is 0 Å². The molecule has 0 aliphatic rings. The smallest absolute Gasteiger partial charge is 0.107 e. The summed E-state index contributed by atoms with van der Waals surface area (Å²) >= 11 is 0. The molecule has 3 rings (SSSR count). The molecule has 0 fully saturated rings. The summed E-state index contributed by atoms with van der Waals surface area (Å²) in [5.74, 6) is -1.76. The molecule has 2 atom stereocenters. The fourth-order valence-electron chi connectivity index (χ4n) is 2.73.